The predicted octanol–water partition coefficient (Wildman–Crippen LogP) is 2.44. The Hall–Kier alpha value is -1.59. The second-order valence-corrected chi connectivity index (χ2v) is 6.35. The van der Waals surface area contributed by atoms with Crippen LogP contribution in [0.4, 0.5) is 5.69 Å². The van der Waals surface area contributed by atoms with E-state index in [-0.39, 0.29) is 11.9 Å². The quantitative estimate of drug-likeness (QED) is 0.875. The lowest BCUT2D eigenvalue weighted by atomic mass is 10.0. The molecule has 0 aliphatic carbocycles. The van der Waals surface area contributed by atoms with E-state index < -0.39 is 0 Å². The number of likely N-dealkylation sites (N-methyl/N-ethyl adjacent to an activating group) is 1. The third kappa shape index (κ3) is 4.69. The van der Waals surface area contributed by atoms with Crippen molar-refractivity contribution in [3.63, 3.8) is 0 Å². The van der Waals surface area contributed by atoms with Gasteiger partial charge in [0.2, 0.25) is 5.91 Å². The molecule has 0 saturated carbocycles. The van der Waals surface area contributed by atoms with E-state index in [1.165, 1.54) is 6.42 Å². The highest BCUT2D eigenvalue weighted by Gasteiger charge is 2.28. The number of benzene rings is 1. The maximum Gasteiger partial charge on any atom is 0.241 e. The van der Waals surface area contributed by atoms with Crippen LogP contribution >= 0.6 is 0 Å². The van der Waals surface area contributed by atoms with Gasteiger partial charge in [0.1, 0.15) is 5.75 Å². The first-order valence-electron chi connectivity index (χ1n) is 8.46. The first-order valence-corrected chi connectivity index (χ1v) is 8.46. The molecule has 128 valence electrons. The minimum Gasteiger partial charge on any atom is -0.492 e. The molecule has 0 aromatic heterocycles. The number of carbonyl (C=O) groups excluding carboxylic acids is 1. The van der Waals surface area contributed by atoms with Crippen LogP contribution in [0.25, 0.3) is 0 Å². The minimum atomic E-state index is -0.146. The number of hydrogen-bond acceptors (Lipinski definition) is 4. The highest BCUT2D eigenvalue weighted by molar-refractivity contribution is 5.95. The summed E-state index contributed by atoms with van der Waals surface area (Å²) < 4.78 is 5.58. The first kappa shape index (κ1) is 17.8. The Balaban J connectivity index is 2.00. The van der Waals surface area contributed by atoms with E-state index >= 15 is 0 Å². The summed E-state index contributed by atoms with van der Waals surface area (Å²) in [6.45, 7) is 6.42. The van der Waals surface area contributed by atoms with Crippen molar-refractivity contribution in [2.75, 3.05) is 39.1 Å². The molecule has 1 aliphatic rings. The van der Waals surface area contributed by atoms with E-state index in [2.05, 4.69) is 29.2 Å². The van der Waals surface area contributed by atoms with E-state index in [0.29, 0.717) is 12.6 Å². The molecule has 0 spiro atoms. The van der Waals surface area contributed by atoms with Crippen LogP contribution in [0.3, 0.4) is 0 Å². The SMILES string of the molecule is CCOc1ccccc1NC(=O)C(C)N1CCCC(N(C)C)C1. The average Bonchev–Trinajstić information content (AvgIpc) is 2.56. The van der Waals surface area contributed by atoms with Crippen molar-refractivity contribution >= 4 is 11.6 Å². The van der Waals surface area contributed by atoms with Crippen molar-refractivity contribution in [3.05, 3.63) is 24.3 Å². The summed E-state index contributed by atoms with van der Waals surface area (Å²) in [6, 6.07) is 7.96. The van der Waals surface area contributed by atoms with Gasteiger partial charge < -0.3 is 15.0 Å². The number of anilines is 1. The molecule has 1 aromatic rings. The minimum absolute atomic E-state index is 0.0246. The Bertz CT molecular complexity index is 519. The Morgan fingerprint density at radius 3 is 2.87 bits per heavy atom. The van der Waals surface area contributed by atoms with Crippen LogP contribution in [0, 0.1) is 0 Å². The molecule has 0 radical (unpaired) electrons. The molecule has 5 heteroatoms. The fourth-order valence-corrected chi connectivity index (χ4v) is 3.01. The highest BCUT2D eigenvalue weighted by Crippen LogP contribution is 2.24. The molecule has 0 bridgehead atoms. The van der Waals surface area contributed by atoms with Gasteiger partial charge in [-0.1, -0.05) is 12.1 Å². The third-order valence-corrected chi connectivity index (χ3v) is 4.53. The van der Waals surface area contributed by atoms with E-state index in [1.54, 1.807) is 0 Å². The molecule has 2 atom stereocenters. The zero-order valence-corrected chi connectivity index (χ0v) is 14.7. The van der Waals surface area contributed by atoms with E-state index in [4.69, 9.17) is 4.74 Å². The van der Waals surface area contributed by atoms with Crippen LogP contribution in [0.1, 0.15) is 26.7 Å². The summed E-state index contributed by atoms with van der Waals surface area (Å²) in [5.41, 5.74) is 0.743. The second-order valence-electron chi connectivity index (χ2n) is 6.35. The largest absolute Gasteiger partial charge is 0.492 e. The number of rotatable bonds is 6. The number of likely N-dealkylation sites (tertiary alicyclic amines) is 1. The summed E-state index contributed by atoms with van der Waals surface area (Å²) in [5, 5.41) is 3.02. The number of amides is 1. The molecular weight excluding hydrogens is 290 g/mol. The molecule has 1 aliphatic heterocycles. The lowest BCUT2D eigenvalue weighted by molar-refractivity contribution is -0.121. The van der Waals surface area contributed by atoms with Gasteiger partial charge in [0.25, 0.3) is 0 Å². The lowest BCUT2D eigenvalue weighted by Crippen LogP contribution is -2.51. The molecule has 1 N–H and O–H groups in total. The average molecular weight is 319 g/mol. The number of nitrogens with one attached hydrogen (secondary N) is 1. The van der Waals surface area contributed by atoms with Gasteiger partial charge in [-0.3, -0.25) is 9.69 Å². The Morgan fingerprint density at radius 1 is 1.43 bits per heavy atom. The van der Waals surface area contributed by atoms with E-state index in [0.717, 1.165) is 30.9 Å². The van der Waals surface area contributed by atoms with Gasteiger partial charge in [0.15, 0.2) is 0 Å². The van der Waals surface area contributed by atoms with Crippen molar-refractivity contribution in [1.82, 2.24) is 9.80 Å². The summed E-state index contributed by atoms with van der Waals surface area (Å²) in [7, 11) is 4.22. The standard InChI is InChI=1S/C18H29N3O2/c1-5-23-17-11-7-6-10-16(17)19-18(22)14(2)21-12-8-9-15(13-21)20(3)4/h6-7,10-11,14-15H,5,8-9,12-13H2,1-4H3,(H,19,22). The summed E-state index contributed by atoms with van der Waals surface area (Å²) in [6.07, 6.45) is 2.33. The van der Waals surface area contributed by atoms with Crippen LogP contribution in [0.15, 0.2) is 24.3 Å². The molecule has 1 aromatic carbocycles. The van der Waals surface area contributed by atoms with Crippen LogP contribution in [0.2, 0.25) is 0 Å². The number of nitrogens with zero attached hydrogens (tertiary/aromatic N) is 2. The molecule has 2 rings (SSSR count). The van der Waals surface area contributed by atoms with Gasteiger partial charge in [0.05, 0.1) is 18.3 Å². The fraction of sp³-hybridized carbons (Fsp3) is 0.611. The predicted molar refractivity (Wildman–Crippen MR) is 94.0 cm³/mol. The smallest absolute Gasteiger partial charge is 0.241 e. The summed E-state index contributed by atoms with van der Waals surface area (Å²) in [4.78, 5) is 17.1. The van der Waals surface area contributed by atoms with Crippen molar-refractivity contribution in [2.45, 2.75) is 38.8 Å². The van der Waals surface area contributed by atoms with Crippen LogP contribution in [-0.4, -0.2) is 61.6 Å². The van der Waals surface area contributed by atoms with Crippen molar-refractivity contribution < 1.29 is 9.53 Å². The first-order chi connectivity index (χ1) is 11.0. The Kier molecular flexibility index (Phi) is 6.42. The number of para-hydroxylation sites is 2. The summed E-state index contributed by atoms with van der Waals surface area (Å²) in [5.74, 6) is 0.747. The molecule has 5 nitrogen and oxygen atoms in total. The number of carbonyl (C=O) groups is 1. The topological polar surface area (TPSA) is 44.8 Å². The fourth-order valence-electron chi connectivity index (χ4n) is 3.01. The summed E-state index contributed by atoms with van der Waals surface area (Å²) >= 11 is 0. The van der Waals surface area contributed by atoms with Gasteiger partial charge in [0, 0.05) is 12.6 Å². The van der Waals surface area contributed by atoms with Crippen LogP contribution < -0.4 is 10.1 Å². The molecule has 2 unspecified atom stereocenters. The second kappa shape index (κ2) is 8.31. The lowest BCUT2D eigenvalue weighted by Gasteiger charge is -2.38. The third-order valence-electron chi connectivity index (χ3n) is 4.53. The monoisotopic (exact) mass is 319 g/mol. The Labute approximate surface area is 139 Å². The molecule has 23 heavy (non-hydrogen) atoms. The maximum absolute atomic E-state index is 12.6. The van der Waals surface area contributed by atoms with Gasteiger partial charge in [-0.05, 0) is 59.5 Å². The zero-order valence-electron chi connectivity index (χ0n) is 14.7. The normalized spacial score (nSPS) is 20.3. The van der Waals surface area contributed by atoms with Crippen molar-refractivity contribution in [3.8, 4) is 5.75 Å². The molecule has 1 heterocycles. The van der Waals surface area contributed by atoms with Gasteiger partial charge in [-0.25, -0.2) is 0 Å². The Morgan fingerprint density at radius 2 is 2.17 bits per heavy atom. The van der Waals surface area contributed by atoms with Crippen LogP contribution in [0.5, 0.6) is 5.75 Å². The zero-order chi connectivity index (χ0) is 16.8. The number of piperidine rings is 1. The maximum atomic E-state index is 12.6. The van der Waals surface area contributed by atoms with Crippen molar-refractivity contribution in [1.29, 1.82) is 0 Å². The highest BCUT2D eigenvalue weighted by atomic mass is 16.5. The van der Waals surface area contributed by atoms with Crippen molar-refractivity contribution in [2.24, 2.45) is 0 Å². The van der Waals surface area contributed by atoms with Crippen LogP contribution in [-0.2, 0) is 4.79 Å². The van der Waals surface area contributed by atoms with E-state index in [9.17, 15) is 4.79 Å². The molecule has 1 fully saturated rings. The number of hydrogen-bond donors (Lipinski definition) is 1. The molecular formula is C18H29N3O2. The molecule has 1 amide bonds. The van der Waals surface area contributed by atoms with Gasteiger partial charge >= 0.3 is 0 Å². The van der Waals surface area contributed by atoms with Gasteiger partial charge in [-0.2, -0.15) is 0 Å². The van der Waals surface area contributed by atoms with E-state index in [1.807, 2.05) is 38.1 Å². The molecule has 1 saturated heterocycles. The van der Waals surface area contributed by atoms with Gasteiger partial charge in [-0.15, -0.1) is 0 Å². The number of ether oxygens (including phenoxy) is 1.